The van der Waals surface area contributed by atoms with Crippen LogP contribution in [-0.2, 0) is 6.54 Å². The van der Waals surface area contributed by atoms with E-state index in [1.807, 2.05) is 81.7 Å². The summed E-state index contributed by atoms with van der Waals surface area (Å²) in [6.07, 6.45) is 2.46. The quantitative estimate of drug-likeness (QED) is 0.302. The minimum absolute atomic E-state index is 0.169. The standard InChI is InChI=1S/C25H27N7O3/c1-4-20(33)15-31-17-26-21-22(27-16-30(2)3)28-24(29-23(21)31)35-25(34)32(18-11-7-5-8-12-18)19-13-9-6-10-14-19/h5-14,16-17,20,33H,4,15H2,1-3H3/t20-/m1/s1. The Morgan fingerprint density at radius 3 is 2.29 bits per heavy atom. The molecule has 10 nitrogen and oxygen atoms in total. The van der Waals surface area contributed by atoms with E-state index in [9.17, 15) is 9.90 Å². The molecule has 0 aliphatic heterocycles. The van der Waals surface area contributed by atoms with E-state index in [0.29, 0.717) is 29.0 Å². The van der Waals surface area contributed by atoms with Crippen molar-refractivity contribution in [3.63, 3.8) is 0 Å². The number of carbonyl (C=O) groups excluding carboxylic acids is 1. The van der Waals surface area contributed by atoms with Crippen molar-refractivity contribution >= 4 is 40.8 Å². The molecule has 1 atom stereocenters. The van der Waals surface area contributed by atoms with Gasteiger partial charge in [0.1, 0.15) is 0 Å². The molecule has 0 spiro atoms. The number of carbonyl (C=O) groups is 1. The number of amides is 1. The molecule has 4 aromatic rings. The molecule has 2 aromatic heterocycles. The third-order valence-corrected chi connectivity index (χ3v) is 5.10. The lowest BCUT2D eigenvalue weighted by molar-refractivity contribution is 0.151. The second kappa shape index (κ2) is 10.7. The average molecular weight is 474 g/mol. The van der Waals surface area contributed by atoms with Gasteiger partial charge in [0.25, 0.3) is 0 Å². The summed E-state index contributed by atoms with van der Waals surface area (Å²) in [6, 6.07) is 18.2. The third-order valence-electron chi connectivity index (χ3n) is 5.10. The van der Waals surface area contributed by atoms with Crippen LogP contribution in [0.1, 0.15) is 13.3 Å². The Morgan fingerprint density at radius 2 is 1.71 bits per heavy atom. The summed E-state index contributed by atoms with van der Waals surface area (Å²) in [7, 11) is 3.66. The minimum Gasteiger partial charge on any atom is -0.391 e. The number of aliphatic hydroxyl groups is 1. The minimum atomic E-state index is -0.677. The fourth-order valence-corrected chi connectivity index (χ4v) is 3.34. The number of benzene rings is 2. The first-order chi connectivity index (χ1) is 17.0. The van der Waals surface area contributed by atoms with Gasteiger partial charge in [-0.3, -0.25) is 0 Å². The highest BCUT2D eigenvalue weighted by atomic mass is 16.6. The van der Waals surface area contributed by atoms with Crippen LogP contribution >= 0.6 is 0 Å². The molecule has 0 fully saturated rings. The summed E-state index contributed by atoms with van der Waals surface area (Å²) < 4.78 is 7.37. The number of aliphatic hydroxyl groups excluding tert-OH is 1. The van der Waals surface area contributed by atoms with E-state index in [2.05, 4.69) is 19.9 Å². The predicted octanol–water partition coefficient (Wildman–Crippen LogP) is 4.16. The van der Waals surface area contributed by atoms with Crippen molar-refractivity contribution in [1.82, 2.24) is 24.4 Å². The van der Waals surface area contributed by atoms with Crippen molar-refractivity contribution in [3.05, 3.63) is 67.0 Å². The molecule has 1 N–H and O–H groups in total. The van der Waals surface area contributed by atoms with Crippen LogP contribution < -0.4 is 9.64 Å². The summed E-state index contributed by atoms with van der Waals surface area (Å²) in [4.78, 5) is 34.1. The van der Waals surface area contributed by atoms with Gasteiger partial charge in [-0.1, -0.05) is 43.3 Å². The van der Waals surface area contributed by atoms with Gasteiger partial charge in [0.15, 0.2) is 17.0 Å². The molecule has 2 heterocycles. The zero-order chi connectivity index (χ0) is 24.8. The summed E-state index contributed by atoms with van der Waals surface area (Å²) in [5.41, 5.74) is 2.11. The van der Waals surface area contributed by atoms with Crippen LogP contribution in [-0.4, -0.2) is 62.2 Å². The normalized spacial score (nSPS) is 12.1. The van der Waals surface area contributed by atoms with Gasteiger partial charge < -0.3 is 19.3 Å². The van der Waals surface area contributed by atoms with Crippen molar-refractivity contribution in [2.75, 3.05) is 19.0 Å². The summed E-state index contributed by atoms with van der Waals surface area (Å²) in [6.45, 7) is 2.18. The number of ether oxygens (including phenoxy) is 1. The fraction of sp³-hybridized carbons (Fsp3) is 0.240. The van der Waals surface area contributed by atoms with Gasteiger partial charge in [-0.05, 0) is 30.7 Å². The van der Waals surface area contributed by atoms with Crippen molar-refractivity contribution in [1.29, 1.82) is 0 Å². The first-order valence-corrected chi connectivity index (χ1v) is 11.2. The second-order valence-corrected chi connectivity index (χ2v) is 8.04. The van der Waals surface area contributed by atoms with E-state index in [4.69, 9.17) is 4.74 Å². The highest BCUT2D eigenvalue weighted by molar-refractivity contribution is 5.97. The molecule has 0 bridgehead atoms. The van der Waals surface area contributed by atoms with Crippen molar-refractivity contribution in [2.24, 2.45) is 4.99 Å². The van der Waals surface area contributed by atoms with Gasteiger partial charge >= 0.3 is 12.1 Å². The van der Waals surface area contributed by atoms with Gasteiger partial charge in [0.05, 0.1) is 36.7 Å². The smallest absolute Gasteiger partial charge is 0.391 e. The second-order valence-electron chi connectivity index (χ2n) is 8.04. The van der Waals surface area contributed by atoms with Gasteiger partial charge in [-0.25, -0.2) is 19.7 Å². The number of nitrogens with zero attached hydrogens (tertiary/aromatic N) is 7. The van der Waals surface area contributed by atoms with Gasteiger partial charge in [0, 0.05) is 14.1 Å². The van der Waals surface area contributed by atoms with Crippen LogP contribution in [0, 0.1) is 0 Å². The lowest BCUT2D eigenvalue weighted by atomic mass is 10.2. The summed E-state index contributed by atoms with van der Waals surface area (Å²) >= 11 is 0. The summed E-state index contributed by atoms with van der Waals surface area (Å²) in [5.74, 6) is 0.252. The van der Waals surface area contributed by atoms with Gasteiger partial charge in [-0.2, -0.15) is 9.97 Å². The molecule has 0 aliphatic carbocycles. The molecule has 1 amide bonds. The number of para-hydroxylation sites is 2. The molecule has 4 rings (SSSR count). The van der Waals surface area contributed by atoms with Crippen molar-refractivity contribution in [2.45, 2.75) is 26.0 Å². The maximum Gasteiger partial charge on any atom is 0.426 e. The van der Waals surface area contributed by atoms with Crippen LogP contribution in [0.5, 0.6) is 6.01 Å². The Bertz CT molecular complexity index is 1270. The molecule has 0 saturated heterocycles. The number of anilines is 2. The van der Waals surface area contributed by atoms with E-state index >= 15 is 0 Å². The van der Waals surface area contributed by atoms with E-state index in [1.165, 1.54) is 4.90 Å². The Hall–Kier alpha value is -4.31. The number of hydrogen-bond donors (Lipinski definition) is 1. The number of rotatable bonds is 8. The highest BCUT2D eigenvalue weighted by Gasteiger charge is 2.23. The van der Waals surface area contributed by atoms with Crippen molar-refractivity contribution in [3.8, 4) is 6.01 Å². The molecule has 0 unspecified atom stereocenters. The molecule has 0 aliphatic rings. The number of fused-ring (bicyclic) bond motifs is 1. The van der Waals surface area contributed by atoms with Crippen LogP contribution in [0.3, 0.4) is 0 Å². The molecule has 0 saturated carbocycles. The Morgan fingerprint density at radius 1 is 1.09 bits per heavy atom. The average Bonchev–Trinajstić information content (AvgIpc) is 3.26. The van der Waals surface area contributed by atoms with Crippen LogP contribution in [0.25, 0.3) is 11.2 Å². The van der Waals surface area contributed by atoms with Crippen LogP contribution in [0.15, 0.2) is 72.0 Å². The maximum atomic E-state index is 13.4. The van der Waals surface area contributed by atoms with E-state index in [0.717, 1.165) is 0 Å². The lowest BCUT2D eigenvalue weighted by Crippen LogP contribution is -2.29. The number of hydrogen-bond acceptors (Lipinski definition) is 7. The Balaban J connectivity index is 1.74. The van der Waals surface area contributed by atoms with Gasteiger partial charge in [-0.15, -0.1) is 0 Å². The molecule has 2 aromatic carbocycles. The number of aromatic nitrogens is 4. The first-order valence-electron chi connectivity index (χ1n) is 11.2. The van der Waals surface area contributed by atoms with E-state index < -0.39 is 12.2 Å². The first kappa shape index (κ1) is 23.8. The lowest BCUT2D eigenvalue weighted by Gasteiger charge is -2.21. The topological polar surface area (TPSA) is 109 Å². The predicted molar refractivity (Wildman–Crippen MR) is 135 cm³/mol. The highest BCUT2D eigenvalue weighted by Crippen LogP contribution is 2.28. The van der Waals surface area contributed by atoms with Gasteiger partial charge in [0.2, 0.25) is 0 Å². The van der Waals surface area contributed by atoms with Crippen molar-refractivity contribution < 1.29 is 14.6 Å². The zero-order valence-corrected chi connectivity index (χ0v) is 19.8. The Kier molecular flexibility index (Phi) is 7.32. The van der Waals surface area contributed by atoms with Crippen LogP contribution in [0.4, 0.5) is 22.0 Å². The van der Waals surface area contributed by atoms with E-state index in [-0.39, 0.29) is 18.4 Å². The molecule has 35 heavy (non-hydrogen) atoms. The Labute approximate surface area is 203 Å². The zero-order valence-electron chi connectivity index (χ0n) is 19.8. The molecule has 180 valence electrons. The number of imidazole rings is 1. The molecular weight excluding hydrogens is 446 g/mol. The summed E-state index contributed by atoms with van der Waals surface area (Å²) in [5, 5.41) is 10.2. The molecule has 0 radical (unpaired) electrons. The fourth-order valence-electron chi connectivity index (χ4n) is 3.34. The largest absolute Gasteiger partial charge is 0.426 e. The number of aliphatic imine (C=N–C) groups is 1. The van der Waals surface area contributed by atoms with Crippen LogP contribution in [0.2, 0.25) is 0 Å². The monoisotopic (exact) mass is 473 g/mol. The molecular formula is C25H27N7O3. The maximum absolute atomic E-state index is 13.4. The van der Waals surface area contributed by atoms with E-state index in [1.54, 1.807) is 22.1 Å². The molecule has 10 heteroatoms. The SMILES string of the molecule is CC[C@@H](O)Cn1cnc2c(N=CN(C)C)nc(OC(=O)N(c3ccccc3)c3ccccc3)nc21. The third kappa shape index (κ3) is 5.61.